The highest BCUT2D eigenvalue weighted by Crippen LogP contribution is 2.22. The molecule has 0 aliphatic rings. The van der Waals surface area contributed by atoms with Gasteiger partial charge in [-0.05, 0) is 19.4 Å². The summed E-state index contributed by atoms with van der Waals surface area (Å²) in [6.07, 6.45) is 0.276. The highest BCUT2D eigenvalue weighted by atomic mass is 32.1. The van der Waals surface area contributed by atoms with Gasteiger partial charge in [0.15, 0.2) is 11.7 Å². The number of thiazole rings is 1. The Hall–Kier alpha value is -1.99. The molecule has 2 rings (SSSR count). The van der Waals surface area contributed by atoms with Crippen LogP contribution in [0.25, 0.3) is 0 Å². The lowest BCUT2D eigenvalue weighted by Crippen LogP contribution is -2.13. The molecular formula is C15H14N2OS. The summed E-state index contributed by atoms with van der Waals surface area (Å²) in [5, 5.41) is 11.6. The molecule has 0 spiro atoms. The minimum absolute atomic E-state index is 0.0950. The average Bonchev–Trinajstić information content (AvgIpc) is 2.76. The molecule has 0 aliphatic carbocycles. The van der Waals surface area contributed by atoms with Crippen LogP contribution in [-0.2, 0) is 11.2 Å². The van der Waals surface area contributed by atoms with Crippen LogP contribution in [0.3, 0.4) is 0 Å². The van der Waals surface area contributed by atoms with Gasteiger partial charge in [0.1, 0.15) is 5.01 Å². The Morgan fingerprint density at radius 2 is 2.26 bits per heavy atom. The minimum atomic E-state index is -0.751. The van der Waals surface area contributed by atoms with Crippen molar-refractivity contribution in [1.82, 2.24) is 4.98 Å². The summed E-state index contributed by atoms with van der Waals surface area (Å²) in [5.74, 6) is -0.846. The second-order valence-electron chi connectivity index (χ2n) is 4.52. The smallest absolute Gasteiger partial charge is 0.161 e. The molecule has 0 saturated carbocycles. The van der Waals surface area contributed by atoms with Crippen LogP contribution in [-0.4, -0.2) is 10.8 Å². The van der Waals surface area contributed by atoms with Gasteiger partial charge in [-0.1, -0.05) is 29.8 Å². The molecule has 0 amide bonds. The number of Topliss-reactive ketones (excluding diaryl/α,β-unsaturated/α-hetero) is 1. The van der Waals surface area contributed by atoms with Crippen LogP contribution in [0.2, 0.25) is 0 Å². The summed E-state index contributed by atoms with van der Waals surface area (Å²) in [4.78, 5) is 16.4. The molecule has 1 atom stereocenters. The summed E-state index contributed by atoms with van der Waals surface area (Å²) < 4.78 is 0. The maximum absolute atomic E-state index is 12.2. The third-order valence-corrected chi connectivity index (χ3v) is 3.82. The summed E-state index contributed by atoms with van der Waals surface area (Å²) in [6.45, 7) is 3.85. The zero-order chi connectivity index (χ0) is 13.8. The summed E-state index contributed by atoms with van der Waals surface area (Å²) >= 11 is 1.37. The van der Waals surface area contributed by atoms with Gasteiger partial charge in [-0.25, -0.2) is 4.98 Å². The quantitative estimate of drug-likeness (QED) is 0.857. The van der Waals surface area contributed by atoms with E-state index in [9.17, 15) is 10.1 Å². The van der Waals surface area contributed by atoms with Crippen molar-refractivity contribution < 1.29 is 4.79 Å². The van der Waals surface area contributed by atoms with E-state index < -0.39 is 5.92 Å². The van der Waals surface area contributed by atoms with Crippen LogP contribution in [0.4, 0.5) is 0 Å². The van der Waals surface area contributed by atoms with E-state index in [0.717, 1.165) is 16.8 Å². The molecule has 2 aromatic rings. The van der Waals surface area contributed by atoms with Gasteiger partial charge in [-0.3, -0.25) is 4.79 Å². The van der Waals surface area contributed by atoms with Gasteiger partial charge in [-0.2, -0.15) is 5.26 Å². The van der Waals surface area contributed by atoms with Crippen molar-refractivity contribution in [3.8, 4) is 6.07 Å². The van der Waals surface area contributed by atoms with Crippen molar-refractivity contribution in [1.29, 1.82) is 5.26 Å². The van der Waals surface area contributed by atoms with E-state index in [1.165, 1.54) is 11.3 Å². The van der Waals surface area contributed by atoms with Crippen molar-refractivity contribution in [3.05, 3.63) is 51.5 Å². The lowest BCUT2D eigenvalue weighted by atomic mass is 9.98. The first kappa shape index (κ1) is 13.4. The van der Waals surface area contributed by atoms with Crippen molar-refractivity contribution in [3.63, 3.8) is 0 Å². The maximum atomic E-state index is 12.2. The number of hydrogen-bond donors (Lipinski definition) is 0. The molecule has 1 heterocycles. The Bertz CT molecular complexity index is 640. The predicted molar refractivity (Wildman–Crippen MR) is 75.1 cm³/mol. The molecular weight excluding hydrogens is 256 g/mol. The first-order chi connectivity index (χ1) is 9.10. The van der Waals surface area contributed by atoms with Crippen molar-refractivity contribution in [2.45, 2.75) is 26.2 Å². The molecule has 0 radical (unpaired) electrons. The van der Waals surface area contributed by atoms with E-state index in [0.29, 0.717) is 5.01 Å². The largest absolute Gasteiger partial charge is 0.297 e. The van der Waals surface area contributed by atoms with Gasteiger partial charge < -0.3 is 0 Å². The minimum Gasteiger partial charge on any atom is -0.297 e. The van der Waals surface area contributed by atoms with Gasteiger partial charge in [0.05, 0.1) is 6.07 Å². The number of ketones is 1. The topological polar surface area (TPSA) is 53.8 Å². The number of rotatable bonds is 4. The van der Waals surface area contributed by atoms with Gasteiger partial charge in [0, 0.05) is 17.5 Å². The van der Waals surface area contributed by atoms with Gasteiger partial charge in [0.25, 0.3) is 0 Å². The predicted octanol–water partition coefficient (Wildman–Crippen LogP) is 3.18. The van der Waals surface area contributed by atoms with Crippen molar-refractivity contribution in [2.75, 3.05) is 0 Å². The van der Waals surface area contributed by atoms with E-state index in [4.69, 9.17) is 0 Å². The highest BCUT2D eigenvalue weighted by molar-refractivity contribution is 7.09. The van der Waals surface area contributed by atoms with Gasteiger partial charge in [-0.15, -0.1) is 11.3 Å². The summed E-state index contributed by atoms with van der Waals surface area (Å²) in [5.41, 5.74) is 2.91. The molecule has 0 N–H and O–H groups in total. The number of carbonyl (C=O) groups excluding carboxylic acids is 1. The summed E-state index contributed by atoms with van der Waals surface area (Å²) in [6, 6.07) is 9.86. The fourth-order valence-corrected chi connectivity index (χ4v) is 2.76. The zero-order valence-electron chi connectivity index (χ0n) is 10.9. The number of nitriles is 1. The third kappa shape index (κ3) is 3.27. The van der Waals surface area contributed by atoms with Crippen LogP contribution in [0.1, 0.15) is 27.7 Å². The molecule has 0 bridgehead atoms. The third-order valence-electron chi connectivity index (χ3n) is 2.80. The lowest BCUT2D eigenvalue weighted by molar-refractivity contribution is -0.118. The van der Waals surface area contributed by atoms with Crippen LogP contribution in [0.5, 0.6) is 0 Å². The Kier molecular flexibility index (Phi) is 4.08. The normalized spacial score (nSPS) is 11.8. The van der Waals surface area contributed by atoms with Crippen molar-refractivity contribution in [2.24, 2.45) is 0 Å². The molecule has 0 unspecified atom stereocenters. The van der Waals surface area contributed by atoms with Crippen molar-refractivity contribution >= 4 is 17.1 Å². The SMILES string of the molecule is Cc1cccc(CC(=O)[C@H](C#N)c2nc(C)cs2)c1. The molecule has 0 fully saturated rings. The summed E-state index contributed by atoms with van der Waals surface area (Å²) in [7, 11) is 0. The molecule has 96 valence electrons. The first-order valence-corrected chi connectivity index (χ1v) is 6.88. The molecule has 1 aromatic carbocycles. The number of nitrogens with zero attached hydrogens (tertiary/aromatic N) is 2. The van der Waals surface area contributed by atoms with Crippen LogP contribution in [0.15, 0.2) is 29.6 Å². The van der Waals surface area contributed by atoms with Crippen LogP contribution < -0.4 is 0 Å². The fraction of sp³-hybridized carbons (Fsp3) is 0.267. The fourth-order valence-electron chi connectivity index (χ4n) is 1.90. The second-order valence-corrected chi connectivity index (χ2v) is 5.41. The second kappa shape index (κ2) is 5.77. The number of hydrogen-bond acceptors (Lipinski definition) is 4. The van der Waals surface area contributed by atoms with E-state index in [1.807, 2.05) is 43.5 Å². The molecule has 0 saturated heterocycles. The standard InChI is InChI=1S/C15H14N2OS/c1-10-4-3-5-12(6-10)7-14(18)13(8-16)15-17-11(2)9-19-15/h3-6,9,13H,7H2,1-2H3/t13-/m0/s1. The van der Waals surface area contributed by atoms with E-state index >= 15 is 0 Å². The molecule has 3 nitrogen and oxygen atoms in total. The first-order valence-electron chi connectivity index (χ1n) is 6.00. The van der Waals surface area contributed by atoms with E-state index in [1.54, 1.807) is 0 Å². The maximum Gasteiger partial charge on any atom is 0.161 e. The Labute approximate surface area is 116 Å². The van der Waals surface area contributed by atoms with Gasteiger partial charge >= 0.3 is 0 Å². The lowest BCUT2D eigenvalue weighted by Gasteiger charge is -2.06. The Balaban J connectivity index is 2.16. The van der Waals surface area contributed by atoms with Crippen LogP contribution in [0, 0.1) is 25.2 Å². The zero-order valence-corrected chi connectivity index (χ0v) is 11.7. The van der Waals surface area contributed by atoms with Crippen LogP contribution >= 0.6 is 11.3 Å². The Morgan fingerprint density at radius 3 is 2.84 bits per heavy atom. The molecule has 4 heteroatoms. The Morgan fingerprint density at radius 1 is 1.47 bits per heavy atom. The molecule has 1 aromatic heterocycles. The highest BCUT2D eigenvalue weighted by Gasteiger charge is 2.23. The van der Waals surface area contributed by atoms with Gasteiger partial charge in [0.2, 0.25) is 0 Å². The molecule has 19 heavy (non-hydrogen) atoms. The molecule has 0 aliphatic heterocycles. The van der Waals surface area contributed by atoms with E-state index in [-0.39, 0.29) is 12.2 Å². The number of carbonyl (C=O) groups is 1. The average molecular weight is 270 g/mol. The number of aryl methyl sites for hydroxylation is 2. The van der Waals surface area contributed by atoms with E-state index in [2.05, 4.69) is 11.1 Å². The number of aromatic nitrogens is 1. The number of benzene rings is 1. The monoisotopic (exact) mass is 270 g/mol.